The van der Waals surface area contributed by atoms with Crippen LogP contribution in [-0.4, -0.2) is 53.9 Å². The zero-order chi connectivity index (χ0) is 21.4. The van der Waals surface area contributed by atoms with Crippen molar-refractivity contribution in [2.75, 3.05) is 33.2 Å². The molecule has 158 valence electrons. The molecular formula is C24H24N4O3. The Balaban J connectivity index is 1.55. The van der Waals surface area contributed by atoms with Crippen molar-refractivity contribution in [1.82, 2.24) is 14.8 Å². The first-order chi connectivity index (χ1) is 15.1. The van der Waals surface area contributed by atoms with Gasteiger partial charge in [-0.1, -0.05) is 17.3 Å². The Morgan fingerprint density at radius 3 is 2.58 bits per heavy atom. The molecule has 3 heterocycles. The number of fused-ring (bicyclic) bond motifs is 1. The molecule has 1 unspecified atom stereocenters. The van der Waals surface area contributed by atoms with E-state index < -0.39 is 0 Å². The second-order valence-electron chi connectivity index (χ2n) is 8.26. The van der Waals surface area contributed by atoms with Gasteiger partial charge in [0.05, 0.1) is 0 Å². The van der Waals surface area contributed by atoms with Gasteiger partial charge in [0.15, 0.2) is 5.76 Å². The van der Waals surface area contributed by atoms with Gasteiger partial charge in [-0.25, -0.2) is 0 Å². The van der Waals surface area contributed by atoms with Crippen LogP contribution in [0.5, 0.6) is 0 Å². The molecular weight excluding hydrogens is 392 g/mol. The maximum absolute atomic E-state index is 13.2. The average Bonchev–Trinajstić information content (AvgIpc) is 3.44. The number of likely N-dealkylation sites (N-methyl/N-ethyl adjacent to an activating group) is 1. The highest BCUT2D eigenvalue weighted by Gasteiger charge is 2.27. The summed E-state index contributed by atoms with van der Waals surface area (Å²) >= 11 is 0. The first kappa shape index (κ1) is 19.6. The van der Waals surface area contributed by atoms with Gasteiger partial charge in [0, 0.05) is 49.7 Å². The smallest absolute Gasteiger partial charge is 0.289 e. The van der Waals surface area contributed by atoms with Crippen LogP contribution in [0.2, 0.25) is 0 Å². The molecule has 0 radical (unpaired) electrons. The quantitative estimate of drug-likeness (QED) is 0.597. The Labute approximate surface area is 180 Å². The van der Waals surface area contributed by atoms with E-state index in [1.165, 1.54) is 0 Å². The number of amides is 1. The third kappa shape index (κ3) is 3.65. The number of hydrogen-bond acceptors (Lipinski definition) is 6. The summed E-state index contributed by atoms with van der Waals surface area (Å²) in [4.78, 5) is 32.4. The van der Waals surface area contributed by atoms with Gasteiger partial charge in [-0.2, -0.15) is 4.91 Å². The van der Waals surface area contributed by atoms with Gasteiger partial charge in [-0.3, -0.25) is 9.78 Å². The van der Waals surface area contributed by atoms with Gasteiger partial charge in [0.25, 0.3) is 5.91 Å². The van der Waals surface area contributed by atoms with Crippen molar-refractivity contribution in [3.05, 3.63) is 70.6 Å². The second-order valence-corrected chi connectivity index (χ2v) is 8.26. The molecule has 2 aliphatic rings. The maximum atomic E-state index is 13.2. The number of nitroso groups, excluding NO2 is 1. The fourth-order valence-corrected chi connectivity index (χ4v) is 4.47. The molecule has 1 aliphatic carbocycles. The number of hydrogen-bond donors (Lipinski definition) is 0. The van der Waals surface area contributed by atoms with Crippen LogP contribution in [0.1, 0.15) is 34.1 Å². The molecule has 1 atom stereocenters. The Kier molecular flexibility index (Phi) is 5.11. The number of benzene rings is 1. The van der Waals surface area contributed by atoms with Crippen molar-refractivity contribution in [2.24, 2.45) is 5.18 Å². The topological polar surface area (TPSA) is 79.0 Å². The Morgan fingerprint density at radius 2 is 1.84 bits per heavy atom. The number of carbonyl (C=O) groups excluding carboxylic acids is 1. The summed E-state index contributed by atoms with van der Waals surface area (Å²) in [5.74, 6) is 0.925. The number of aromatic nitrogens is 1. The van der Waals surface area contributed by atoms with E-state index in [0.29, 0.717) is 24.6 Å². The zero-order valence-corrected chi connectivity index (χ0v) is 17.5. The molecule has 7 nitrogen and oxygen atoms in total. The molecule has 3 aromatic rings. The summed E-state index contributed by atoms with van der Waals surface area (Å²) in [5.41, 5.74) is 4.81. The summed E-state index contributed by atoms with van der Waals surface area (Å²) in [6.45, 7) is 3.09. The van der Waals surface area contributed by atoms with Gasteiger partial charge in [0.1, 0.15) is 11.8 Å². The van der Waals surface area contributed by atoms with Gasteiger partial charge >= 0.3 is 0 Å². The van der Waals surface area contributed by atoms with E-state index in [0.717, 1.165) is 53.7 Å². The standard InChI is InChI=1S/C24H24N4O3/c1-27-10-12-28(13-11-27)24(29)22-15-20(16-6-8-25-9-7-16)23(31-22)18-2-4-19-17(14-18)3-5-21(19)26-30/h2,4,6-9,14-15,21H,3,5,10-13H2,1H3. The number of nitrogens with zero attached hydrogens (tertiary/aromatic N) is 4. The molecule has 1 aromatic carbocycles. The minimum absolute atomic E-state index is 0.0824. The van der Waals surface area contributed by atoms with E-state index in [2.05, 4.69) is 28.2 Å². The van der Waals surface area contributed by atoms with Crippen LogP contribution in [0.25, 0.3) is 22.5 Å². The van der Waals surface area contributed by atoms with E-state index in [9.17, 15) is 9.70 Å². The molecule has 1 fully saturated rings. The van der Waals surface area contributed by atoms with E-state index in [1.807, 2.05) is 35.2 Å². The highest BCUT2D eigenvalue weighted by atomic mass is 16.4. The average molecular weight is 416 g/mol. The molecule has 5 rings (SSSR count). The van der Waals surface area contributed by atoms with Crippen LogP contribution in [0.15, 0.2) is 58.4 Å². The highest BCUT2D eigenvalue weighted by molar-refractivity contribution is 5.95. The fraction of sp³-hybridized carbons (Fsp3) is 0.333. The lowest BCUT2D eigenvalue weighted by Crippen LogP contribution is -2.47. The lowest BCUT2D eigenvalue weighted by atomic mass is 9.99. The van der Waals surface area contributed by atoms with Gasteiger partial charge in [-0.05, 0) is 60.8 Å². The predicted molar refractivity (Wildman–Crippen MR) is 118 cm³/mol. The van der Waals surface area contributed by atoms with Gasteiger partial charge in [-0.15, -0.1) is 0 Å². The Morgan fingerprint density at radius 1 is 1.06 bits per heavy atom. The van der Waals surface area contributed by atoms with Crippen LogP contribution in [-0.2, 0) is 6.42 Å². The van der Waals surface area contributed by atoms with Crippen LogP contribution < -0.4 is 0 Å². The van der Waals surface area contributed by atoms with Crippen molar-refractivity contribution in [3.63, 3.8) is 0 Å². The van der Waals surface area contributed by atoms with E-state index in [-0.39, 0.29) is 11.9 Å². The molecule has 0 saturated carbocycles. The molecule has 7 heteroatoms. The SMILES string of the molecule is CN1CCN(C(=O)c2cc(-c3ccncc3)c(-c3ccc4c(c3)CCC4N=O)o2)CC1. The van der Waals surface area contributed by atoms with Crippen molar-refractivity contribution in [3.8, 4) is 22.5 Å². The molecule has 1 amide bonds. The van der Waals surface area contributed by atoms with Crippen LogP contribution in [0, 0.1) is 4.91 Å². The van der Waals surface area contributed by atoms with E-state index >= 15 is 0 Å². The third-order valence-electron chi connectivity index (χ3n) is 6.30. The van der Waals surface area contributed by atoms with Crippen molar-refractivity contribution in [1.29, 1.82) is 0 Å². The van der Waals surface area contributed by atoms with E-state index in [4.69, 9.17) is 4.42 Å². The number of carbonyl (C=O) groups is 1. The predicted octanol–water partition coefficient (Wildman–Crippen LogP) is 4.15. The minimum atomic E-state index is -0.269. The van der Waals surface area contributed by atoms with Crippen molar-refractivity contribution < 1.29 is 9.21 Å². The highest BCUT2D eigenvalue weighted by Crippen LogP contribution is 2.40. The Bertz CT molecular complexity index is 1120. The first-order valence-corrected chi connectivity index (χ1v) is 10.6. The summed E-state index contributed by atoms with van der Waals surface area (Å²) in [6, 6.07) is 11.4. The molecule has 0 N–H and O–H groups in total. The Hall–Kier alpha value is -3.32. The van der Waals surface area contributed by atoms with E-state index in [1.54, 1.807) is 12.4 Å². The lowest BCUT2D eigenvalue weighted by molar-refractivity contribution is 0.0633. The summed E-state index contributed by atoms with van der Waals surface area (Å²) in [6.07, 6.45) is 5.02. The molecule has 1 saturated heterocycles. The summed E-state index contributed by atoms with van der Waals surface area (Å²) < 4.78 is 6.20. The minimum Gasteiger partial charge on any atom is -0.450 e. The van der Waals surface area contributed by atoms with Crippen LogP contribution >= 0.6 is 0 Å². The number of rotatable bonds is 4. The lowest BCUT2D eigenvalue weighted by Gasteiger charge is -2.31. The monoisotopic (exact) mass is 416 g/mol. The first-order valence-electron chi connectivity index (χ1n) is 10.6. The number of aryl methyl sites for hydroxylation is 1. The van der Waals surface area contributed by atoms with Crippen molar-refractivity contribution in [2.45, 2.75) is 18.9 Å². The molecule has 0 bridgehead atoms. The van der Waals surface area contributed by atoms with Gasteiger partial charge in [0.2, 0.25) is 0 Å². The number of furan rings is 1. The normalized spacial score (nSPS) is 18.7. The number of piperazine rings is 1. The third-order valence-corrected chi connectivity index (χ3v) is 6.30. The molecule has 2 aromatic heterocycles. The zero-order valence-electron chi connectivity index (χ0n) is 17.5. The van der Waals surface area contributed by atoms with Crippen LogP contribution in [0.4, 0.5) is 0 Å². The molecule has 0 spiro atoms. The fourth-order valence-electron chi connectivity index (χ4n) is 4.47. The van der Waals surface area contributed by atoms with Crippen molar-refractivity contribution >= 4 is 5.91 Å². The van der Waals surface area contributed by atoms with Crippen LogP contribution in [0.3, 0.4) is 0 Å². The molecule has 1 aliphatic heterocycles. The summed E-state index contributed by atoms with van der Waals surface area (Å²) in [5, 5.41) is 3.25. The largest absolute Gasteiger partial charge is 0.450 e. The number of pyridine rings is 1. The summed E-state index contributed by atoms with van der Waals surface area (Å²) in [7, 11) is 2.06. The maximum Gasteiger partial charge on any atom is 0.289 e. The molecule has 31 heavy (non-hydrogen) atoms. The second kappa shape index (κ2) is 8.07. The van der Waals surface area contributed by atoms with Gasteiger partial charge < -0.3 is 14.2 Å².